The molecule has 1 aliphatic rings. The van der Waals surface area contributed by atoms with Gasteiger partial charge >= 0.3 is 0 Å². The second-order valence-corrected chi connectivity index (χ2v) is 4.95. The van der Waals surface area contributed by atoms with E-state index >= 15 is 0 Å². The van der Waals surface area contributed by atoms with Crippen molar-refractivity contribution in [1.82, 2.24) is 20.0 Å². The van der Waals surface area contributed by atoms with Crippen LogP contribution in [-0.4, -0.2) is 41.4 Å². The lowest BCUT2D eigenvalue weighted by atomic mass is 10.2. The van der Waals surface area contributed by atoms with E-state index in [0.717, 1.165) is 6.54 Å². The third-order valence-electron chi connectivity index (χ3n) is 3.65. The van der Waals surface area contributed by atoms with Crippen molar-refractivity contribution in [3.63, 3.8) is 0 Å². The van der Waals surface area contributed by atoms with Gasteiger partial charge in [-0.1, -0.05) is 0 Å². The smallest absolute Gasteiger partial charge is 0.0537 e. The largest absolute Gasteiger partial charge is 0.313 e. The van der Waals surface area contributed by atoms with Gasteiger partial charge in [-0.15, -0.1) is 0 Å². The van der Waals surface area contributed by atoms with Crippen LogP contribution in [0.4, 0.5) is 0 Å². The summed E-state index contributed by atoms with van der Waals surface area (Å²) in [7, 11) is 1.98. The molecule has 96 valence electrons. The molecule has 4 nitrogen and oxygen atoms in total. The minimum Gasteiger partial charge on any atom is -0.313 e. The van der Waals surface area contributed by atoms with Gasteiger partial charge in [-0.2, -0.15) is 5.10 Å². The molecule has 1 atom stereocenters. The highest BCUT2D eigenvalue weighted by atomic mass is 15.3. The zero-order valence-electron chi connectivity index (χ0n) is 11.0. The van der Waals surface area contributed by atoms with Crippen LogP contribution >= 0.6 is 0 Å². The molecule has 1 aliphatic heterocycles. The first-order valence-corrected chi connectivity index (χ1v) is 6.71. The topological polar surface area (TPSA) is 33.1 Å². The van der Waals surface area contributed by atoms with Crippen LogP contribution in [0.25, 0.3) is 0 Å². The number of nitrogens with zero attached hydrogens (tertiary/aromatic N) is 3. The number of nitrogens with one attached hydrogen (secondary N) is 1. The van der Waals surface area contributed by atoms with Crippen LogP contribution < -0.4 is 5.32 Å². The summed E-state index contributed by atoms with van der Waals surface area (Å²) in [5.41, 5.74) is 1.27. The van der Waals surface area contributed by atoms with E-state index in [1.807, 2.05) is 13.2 Å². The van der Waals surface area contributed by atoms with E-state index in [9.17, 15) is 0 Å². The summed E-state index contributed by atoms with van der Waals surface area (Å²) in [4.78, 5) is 2.56. The van der Waals surface area contributed by atoms with Gasteiger partial charge in [-0.25, -0.2) is 0 Å². The van der Waals surface area contributed by atoms with E-state index in [0.29, 0.717) is 6.04 Å². The molecule has 1 N–H and O–H groups in total. The van der Waals surface area contributed by atoms with Crippen LogP contribution in [0, 0.1) is 0 Å². The van der Waals surface area contributed by atoms with Crippen LogP contribution in [0.15, 0.2) is 12.4 Å². The summed E-state index contributed by atoms with van der Waals surface area (Å²) in [5.74, 6) is 0. The van der Waals surface area contributed by atoms with Gasteiger partial charge < -0.3 is 10.2 Å². The molecule has 2 rings (SSSR count). The van der Waals surface area contributed by atoms with Gasteiger partial charge in [0.25, 0.3) is 0 Å². The van der Waals surface area contributed by atoms with Crippen molar-refractivity contribution in [1.29, 1.82) is 0 Å². The lowest BCUT2D eigenvalue weighted by molar-refractivity contribution is 0.322. The third-order valence-corrected chi connectivity index (χ3v) is 3.65. The minimum absolute atomic E-state index is 0.391. The predicted octanol–water partition coefficient (Wildman–Crippen LogP) is 1.65. The molecular weight excluding hydrogens is 212 g/mol. The number of likely N-dealkylation sites (tertiary alicyclic amines) is 1. The molecule has 1 unspecified atom stereocenters. The van der Waals surface area contributed by atoms with Gasteiger partial charge in [0.15, 0.2) is 0 Å². The predicted molar refractivity (Wildman–Crippen MR) is 70.0 cm³/mol. The summed E-state index contributed by atoms with van der Waals surface area (Å²) in [6.45, 7) is 7.00. The first-order chi connectivity index (χ1) is 8.29. The fourth-order valence-corrected chi connectivity index (χ4v) is 2.35. The average Bonchev–Trinajstić information content (AvgIpc) is 2.99. The molecule has 0 aliphatic carbocycles. The fraction of sp³-hybridized carbons (Fsp3) is 0.769. The third kappa shape index (κ3) is 3.54. The van der Waals surface area contributed by atoms with Gasteiger partial charge in [0.2, 0.25) is 0 Å². The Morgan fingerprint density at radius 3 is 2.82 bits per heavy atom. The van der Waals surface area contributed by atoms with Crippen LogP contribution in [0.5, 0.6) is 0 Å². The van der Waals surface area contributed by atoms with Crippen LogP contribution in [0.3, 0.4) is 0 Å². The molecular formula is C13H24N4. The zero-order chi connectivity index (χ0) is 12.1. The van der Waals surface area contributed by atoms with E-state index in [1.54, 1.807) is 0 Å². The molecule has 1 saturated heterocycles. The normalized spacial score (nSPS) is 18.7. The second kappa shape index (κ2) is 6.17. The Labute approximate surface area is 104 Å². The number of rotatable bonds is 6. The van der Waals surface area contributed by atoms with Crippen molar-refractivity contribution in [2.75, 3.05) is 26.7 Å². The van der Waals surface area contributed by atoms with Gasteiger partial charge in [-0.05, 0) is 52.9 Å². The molecule has 1 aromatic heterocycles. The van der Waals surface area contributed by atoms with E-state index in [1.165, 1.54) is 44.5 Å². The van der Waals surface area contributed by atoms with Crippen LogP contribution in [-0.2, 0) is 6.54 Å². The van der Waals surface area contributed by atoms with E-state index in [-0.39, 0.29) is 0 Å². The zero-order valence-corrected chi connectivity index (χ0v) is 11.0. The SMILES string of the molecule is CNC(C)c1cnn(CCCN2CCCC2)c1. The maximum Gasteiger partial charge on any atom is 0.0537 e. The molecule has 2 heterocycles. The number of aromatic nitrogens is 2. The van der Waals surface area contributed by atoms with Gasteiger partial charge in [-0.3, -0.25) is 4.68 Å². The highest BCUT2D eigenvalue weighted by Gasteiger charge is 2.10. The van der Waals surface area contributed by atoms with Crippen molar-refractivity contribution in [2.24, 2.45) is 0 Å². The summed E-state index contributed by atoms with van der Waals surface area (Å²) >= 11 is 0. The standard InChI is InChI=1S/C13H24N4/c1-12(14-2)13-10-15-17(11-13)9-5-8-16-6-3-4-7-16/h10-12,14H,3-9H2,1-2H3. The first-order valence-electron chi connectivity index (χ1n) is 6.71. The first kappa shape index (κ1) is 12.6. The van der Waals surface area contributed by atoms with E-state index in [2.05, 4.69) is 33.1 Å². The molecule has 0 radical (unpaired) electrons. The Kier molecular flexibility index (Phi) is 4.57. The Morgan fingerprint density at radius 1 is 1.35 bits per heavy atom. The highest BCUT2D eigenvalue weighted by molar-refractivity contribution is 5.08. The summed E-state index contributed by atoms with van der Waals surface area (Å²) in [6.07, 6.45) is 8.09. The minimum atomic E-state index is 0.391. The lowest BCUT2D eigenvalue weighted by Crippen LogP contribution is -2.21. The summed E-state index contributed by atoms with van der Waals surface area (Å²) < 4.78 is 2.07. The Bertz CT molecular complexity index is 328. The monoisotopic (exact) mass is 236 g/mol. The van der Waals surface area contributed by atoms with E-state index in [4.69, 9.17) is 0 Å². The Hall–Kier alpha value is -0.870. The van der Waals surface area contributed by atoms with Crippen LogP contribution in [0.2, 0.25) is 0 Å². The molecule has 0 amide bonds. The molecule has 0 spiro atoms. The number of hydrogen-bond acceptors (Lipinski definition) is 3. The van der Waals surface area contributed by atoms with E-state index < -0.39 is 0 Å². The maximum absolute atomic E-state index is 4.41. The van der Waals surface area contributed by atoms with Crippen LogP contribution in [0.1, 0.15) is 37.8 Å². The number of hydrogen-bond donors (Lipinski definition) is 1. The molecule has 1 fully saturated rings. The van der Waals surface area contributed by atoms with Crippen molar-refractivity contribution in [3.8, 4) is 0 Å². The Balaban J connectivity index is 1.73. The van der Waals surface area contributed by atoms with Gasteiger partial charge in [0, 0.05) is 24.3 Å². The maximum atomic E-state index is 4.41. The van der Waals surface area contributed by atoms with Gasteiger partial charge in [0.05, 0.1) is 6.20 Å². The second-order valence-electron chi connectivity index (χ2n) is 4.95. The fourth-order valence-electron chi connectivity index (χ4n) is 2.35. The quantitative estimate of drug-likeness (QED) is 0.815. The van der Waals surface area contributed by atoms with Crippen molar-refractivity contribution in [3.05, 3.63) is 18.0 Å². The molecule has 4 heteroatoms. The summed E-state index contributed by atoms with van der Waals surface area (Å²) in [6, 6.07) is 0.391. The highest BCUT2D eigenvalue weighted by Crippen LogP contribution is 2.11. The van der Waals surface area contributed by atoms with Crippen molar-refractivity contribution >= 4 is 0 Å². The number of aryl methyl sites for hydroxylation is 1. The molecule has 17 heavy (non-hydrogen) atoms. The van der Waals surface area contributed by atoms with Crippen molar-refractivity contribution < 1.29 is 0 Å². The molecule has 0 aromatic carbocycles. The summed E-state index contributed by atoms with van der Waals surface area (Å²) in [5, 5.41) is 7.64. The Morgan fingerprint density at radius 2 is 2.12 bits per heavy atom. The molecule has 1 aromatic rings. The lowest BCUT2D eigenvalue weighted by Gasteiger charge is -2.13. The molecule has 0 bridgehead atoms. The molecule has 0 saturated carbocycles. The average molecular weight is 236 g/mol. The van der Waals surface area contributed by atoms with Crippen molar-refractivity contribution in [2.45, 2.75) is 38.8 Å². The van der Waals surface area contributed by atoms with Gasteiger partial charge in [0.1, 0.15) is 0 Å².